The first-order valence-electron chi connectivity index (χ1n) is 4.18. The van der Waals surface area contributed by atoms with Crippen molar-refractivity contribution in [2.45, 2.75) is 6.42 Å². The van der Waals surface area contributed by atoms with Crippen LogP contribution in [0.3, 0.4) is 0 Å². The molecule has 0 bridgehead atoms. The third-order valence-corrected chi connectivity index (χ3v) is 2.87. The first kappa shape index (κ1) is 8.47. The van der Waals surface area contributed by atoms with Crippen LogP contribution in [-0.2, 0) is 6.42 Å². The number of hydrogen-bond acceptors (Lipinski definition) is 3. The zero-order valence-corrected chi connectivity index (χ0v) is 7.97. The maximum absolute atomic E-state index is 5.45. The van der Waals surface area contributed by atoms with Crippen molar-refractivity contribution >= 4 is 11.3 Å². The van der Waals surface area contributed by atoms with E-state index in [4.69, 9.17) is 5.73 Å². The van der Waals surface area contributed by atoms with Gasteiger partial charge in [-0.15, -0.1) is 11.3 Å². The molecule has 68 valence electrons. The van der Waals surface area contributed by atoms with Gasteiger partial charge in [-0.25, -0.2) is 4.98 Å². The van der Waals surface area contributed by atoms with Crippen LogP contribution in [0.4, 0.5) is 0 Å². The van der Waals surface area contributed by atoms with E-state index in [9.17, 15) is 0 Å². The second-order valence-electron chi connectivity index (χ2n) is 2.74. The molecule has 0 saturated heterocycles. The number of hydrogen-bond donors (Lipinski definition) is 2. The Morgan fingerprint density at radius 2 is 2.46 bits per heavy atom. The smallest absolute Gasteiger partial charge is 0.0944 e. The number of thiazole rings is 1. The number of aromatic amines is 1. The maximum Gasteiger partial charge on any atom is 0.0944 e. The van der Waals surface area contributed by atoms with Crippen molar-refractivity contribution in [3.63, 3.8) is 0 Å². The second kappa shape index (κ2) is 3.72. The number of nitrogens with one attached hydrogen (secondary N) is 1. The van der Waals surface area contributed by atoms with E-state index >= 15 is 0 Å². The molecule has 0 amide bonds. The minimum atomic E-state index is 0.664. The molecule has 0 aliphatic heterocycles. The molecule has 0 spiro atoms. The molecule has 2 aromatic heterocycles. The van der Waals surface area contributed by atoms with Crippen molar-refractivity contribution in [3.8, 4) is 10.6 Å². The standard InChI is InChI=1S/C9H11N3S/c10-4-3-9-12-6-8(13-9)7-2-1-5-11-7/h1-2,5-6,11H,3-4,10H2. The van der Waals surface area contributed by atoms with Gasteiger partial charge >= 0.3 is 0 Å². The quantitative estimate of drug-likeness (QED) is 0.778. The molecule has 0 radical (unpaired) electrons. The molecule has 0 saturated carbocycles. The third-order valence-electron chi connectivity index (χ3n) is 1.78. The molecule has 0 aliphatic rings. The molecular weight excluding hydrogens is 182 g/mol. The zero-order chi connectivity index (χ0) is 9.10. The van der Waals surface area contributed by atoms with Gasteiger partial charge in [0.1, 0.15) is 0 Å². The van der Waals surface area contributed by atoms with E-state index in [1.54, 1.807) is 11.3 Å². The van der Waals surface area contributed by atoms with Gasteiger partial charge in [0.25, 0.3) is 0 Å². The molecule has 0 unspecified atom stereocenters. The average molecular weight is 193 g/mol. The molecule has 3 N–H and O–H groups in total. The number of nitrogens with zero attached hydrogens (tertiary/aromatic N) is 1. The molecule has 2 heterocycles. The summed E-state index contributed by atoms with van der Waals surface area (Å²) in [5.41, 5.74) is 6.57. The summed E-state index contributed by atoms with van der Waals surface area (Å²) in [4.78, 5) is 8.60. The summed E-state index contributed by atoms with van der Waals surface area (Å²) < 4.78 is 0. The van der Waals surface area contributed by atoms with Crippen LogP contribution in [-0.4, -0.2) is 16.5 Å². The maximum atomic E-state index is 5.45. The van der Waals surface area contributed by atoms with Crippen LogP contribution in [0.5, 0.6) is 0 Å². The van der Waals surface area contributed by atoms with Crippen LogP contribution in [0, 0.1) is 0 Å². The van der Waals surface area contributed by atoms with E-state index in [1.807, 2.05) is 24.5 Å². The molecule has 0 aliphatic carbocycles. The van der Waals surface area contributed by atoms with Gasteiger partial charge in [-0.05, 0) is 18.7 Å². The monoisotopic (exact) mass is 193 g/mol. The lowest BCUT2D eigenvalue weighted by atomic mass is 10.4. The highest BCUT2D eigenvalue weighted by atomic mass is 32.1. The Bertz CT molecular complexity index is 364. The molecule has 2 rings (SSSR count). The molecule has 13 heavy (non-hydrogen) atoms. The second-order valence-corrected chi connectivity index (χ2v) is 3.86. The molecule has 0 aromatic carbocycles. The van der Waals surface area contributed by atoms with Crippen molar-refractivity contribution in [2.24, 2.45) is 5.73 Å². The summed E-state index contributed by atoms with van der Waals surface area (Å²) >= 11 is 1.69. The van der Waals surface area contributed by atoms with Gasteiger partial charge in [0.15, 0.2) is 0 Å². The summed E-state index contributed by atoms with van der Waals surface area (Å²) in [6, 6.07) is 4.03. The summed E-state index contributed by atoms with van der Waals surface area (Å²) in [5, 5.41) is 1.10. The van der Waals surface area contributed by atoms with Gasteiger partial charge in [-0.3, -0.25) is 0 Å². The van der Waals surface area contributed by atoms with E-state index in [0.29, 0.717) is 6.54 Å². The van der Waals surface area contributed by atoms with Crippen LogP contribution >= 0.6 is 11.3 Å². The van der Waals surface area contributed by atoms with Gasteiger partial charge in [0.2, 0.25) is 0 Å². The highest BCUT2D eigenvalue weighted by Crippen LogP contribution is 2.24. The molecule has 0 fully saturated rings. The zero-order valence-electron chi connectivity index (χ0n) is 7.16. The van der Waals surface area contributed by atoms with Gasteiger partial charge in [0, 0.05) is 18.8 Å². The Balaban J connectivity index is 2.23. The summed E-state index contributed by atoms with van der Waals surface area (Å²) in [7, 11) is 0. The highest BCUT2D eigenvalue weighted by molar-refractivity contribution is 7.15. The molecule has 4 heteroatoms. The predicted molar refractivity (Wildman–Crippen MR) is 54.7 cm³/mol. The van der Waals surface area contributed by atoms with E-state index in [0.717, 1.165) is 17.1 Å². The Morgan fingerprint density at radius 3 is 3.15 bits per heavy atom. The first-order chi connectivity index (χ1) is 6.40. The lowest BCUT2D eigenvalue weighted by Gasteiger charge is -1.89. The number of aromatic nitrogens is 2. The summed E-state index contributed by atoms with van der Waals surface area (Å²) in [6.45, 7) is 0.664. The summed E-state index contributed by atoms with van der Waals surface area (Å²) in [6.07, 6.45) is 4.67. The molecule has 0 atom stereocenters. The minimum absolute atomic E-state index is 0.664. The fourth-order valence-electron chi connectivity index (χ4n) is 1.16. The van der Waals surface area contributed by atoms with Crippen LogP contribution in [0.1, 0.15) is 5.01 Å². The lowest BCUT2D eigenvalue weighted by Crippen LogP contribution is -2.01. The average Bonchev–Trinajstić information content (AvgIpc) is 2.70. The van der Waals surface area contributed by atoms with E-state index in [-0.39, 0.29) is 0 Å². The molecule has 3 nitrogen and oxygen atoms in total. The van der Waals surface area contributed by atoms with E-state index in [2.05, 4.69) is 9.97 Å². The van der Waals surface area contributed by atoms with Crippen molar-refractivity contribution in [1.82, 2.24) is 9.97 Å². The lowest BCUT2D eigenvalue weighted by molar-refractivity contribution is 0.953. The van der Waals surface area contributed by atoms with Crippen molar-refractivity contribution < 1.29 is 0 Å². The third kappa shape index (κ3) is 1.79. The summed E-state index contributed by atoms with van der Waals surface area (Å²) in [5.74, 6) is 0. The Hall–Kier alpha value is -1.13. The minimum Gasteiger partial charge on any atom is -0.360 e. The van der Waals surface area contributed by atoms with Crippen LogP contribution < -0.4 is 5.73 Å². The van der Waals surface area contributed by atoms with E-state index < -0.39 is 0 Å². The normalized spacial score (nSPS) is 10.5. The topological polar surface area (TPSA) is 54.7 Å². The largest absolute Gasteiger partial charge is 0.360 e. The highest BCUT2D eigenvalue weighted by Gasteiger charge is 2.03. The van der Waals surface area contributed by atoms with Gasteiger partial charge < -0.3 is 10.7 Å². The van der Waals surface area contributed by atoms with Gasteiger partial charge in [-0.2, -0.15) is 0 Å². The number of rotatable bonds is 3. The SMILES string of the molecule is NCCc1ncc(-c2ccc[nH]2)s1. The van der Waals surface area contributed by atoms with Crippen LogP contribution in [0.15, 0.2) is 24.5 Å². The Kier molecular flexibility index (Phi) is 2.42. The predicted octanol–water partition coefficient (Wildman–Crippen LogP) is 1.64. The fourth-order valence-corrected chi connectivity index (χ4v) is 2.08. The fraction of sp³-hybridized carbons (Fsp3) is 0.222. The van der Waals surface area contributed by atoms with E-state index in [1.165, 1.54) is 4.88 Å². The Labute approximate surface area is 80.6 Å². The number of nitrogens with two attached hydrogens (primary N) is 1. The molecular formula is C9H11N3S. The van der Waals surface area contributed by atoms with Crippen molar-refractivity contribution in [3.05, 3.63) is 29.5 Å². The van der Waals surface area contributed by atoms with Gasteiger partial charge in [0.05, 0.1) is 15.6 Å². The van der Waals surface area contributed by atoms with Crippen LogP contribution in [0.2, 0.25) is 0 Å². The number of H-pyrrole nitrogens is 1. The van der Waals surface area contributed by atoms with Crippen molar-refractivity contribution in [1.29, 1.82) is 0 Å². The van der Waals surface area contributed by atoms with Crippen LogP contribution in [0.25, 0.3) is 10.6 Å². The molecule has 2 aromatic rings. The first-order valence-corrected chi connectivity index (χ1v) is 5.00. The Morgan fingerprint density at radius 1 is 1.54 bits per heavy atom. The van der Waals surface area contributed by atoms with Gasteiger partial charge in [-0.1, -0.05) is 0 Å². The van der Waals surface area contributed by atoms with Crippen molar-refractivity contribution in [2.75, 3.05) is 6.54 Å².